The second-order valence-electron chi connectivity index (χ2n) is 5.79. The van der Waals surface area contributed by atoms with E-state index in [9.17, 15) is 9.00 Å². The predicted octanol–water partition coefficient (Wildman–Crippen LogP) is 1.64. The van der Waals surface area contributed by atoms with Crippen LogP contribution < -0.4 is 0 Å². The molecule has 7 heteroatoms. The number of H-pyrrole nitrogens is 1. The van der Waals surface area contributed by atoms with E-state index in [1.165, 1.54) is 18.4 Å². The number of carbonyl (C=O) groups excluding carboxylic acids is 1. The highest BCUT2D eigenvalue weighted by Crippen LogP contribution is 2.43. The molecule has 1 aliphatic carbocycles. The minimum atomic E-state index is -2.93. The fourth-order valence-corrected chi connectivity index (χ4v) is 4.08. The number of aliphatic hydroxyl groups excluding tert-OH is 2. The molecule has 0 aliphatic heterocycles. The van der Waals surface area contributed by atoms with Crippen LogP contribution in [0.2, 0.25) is 0 Å². The lowest BCUT2D eigenvalue weighted by atomic mass is 10.1. The Morgan fingerprint density at radius 2 is 1.96 bits per heavy atom. The molecule has 1 aromatic carbocycles. The lowest BCUT2D eigenvalue weighted by molar-refractivity contribution is 0.100. The van der Waals surface area contributed by atoms with E-state index in [4.69, 9.17) is 10.2 Å². The van der Waals surface area contributed by atoms with Crippen LogP contribution in [-0.2, 0) is 9.73 Å². The van der Waals surface area contributed by atoms with Gasteiger partial charge in [0.25, 0.3) is 0 Å². The number of hydrogen-bond donors (Lipinski definition) is 3. The number of fused-ring (bicyclic) bond motifs is 1. The molecule has 1 saturated carbocycles. The van der Waals surface area contributed by atoms with Crippen molar-refractivity contribution in [1.29, 1.82) is 0 Å². The normalized spacial score (nSPS) is 15.0. The Morgan fingerprint density at radius 1 is 1.26 bits per heavy atom. The van der Waals surface area contributed by atoms with E-state index >= 15 is 0 Å². The van der Waals surface area contributed by atoms with Gasteiger partial charge in [-0.3, -0.25) is 4.79 Å². The summed E-state index contributed by atoms with van der Waals surface area (Å²) in [5.74, 6) is -0.281. The van der Waals surface area contributed by atoms with Crippen LogP contribution in [0.1, 0.15) is 34.8 Å². The Kier molecular flexibility index (Phi) is 4.52. The maximum atomic E-state index is 12.4. The Hall–Kier alpha value is -1.70. The van der Waals surface area contributed by atoms with Crippen LogP contribution in [-0.4, -0.2) is 50.0 Å². The van der Waals surface area contributed by atoms with E-state index in [-0.39, 0.29) is 30.4 Å². The first kappa shape index (κ1) is 16.2. The topological polar surface area (TPSA) is 103 Å². The molecule has 124 valence electrons. The van der Waals surface area contributed by atoms with Crippen molar-refractivity contribution in [3.63, 3.8) is 0 Å². The lowest BCUT2D eigenvalue weighted by Gasteiger charge is -2.05. The highest BCUT2D eigenvalue weighted by Gasteiger charge is 2.26. The number of nitrogens with zero attached hydrogens (tertiary/aromatic N) is 1. The monoisotopic (exact) mass is 336 g/mol. The maximum absolute atomic E-state index is 12.4. The van der Waals surface area contributed by atoms with Gasteiger partial charge in [-0.25, -0.2) is 4.21 Å². The van der Waals surface area contributed by atoms with Crippen molar-refractivity contribution in [2.24, 2.45) is 4.36 Å². The van der Waals surface area contributed by atoms with E-state index in [2.05, 4.69) is 15.4 Å². The minimum Gasteiger partial charge on any atom is -0.395 e. The van der Waals surface area contributed by atoms with Gasteiger partial charge in [-0.05, 0) is 36.5 Å². The van der Waals surface area contributed by atoms with Gasteiger partial charge in [-0.1, -0.05) is 12.1 Å². The number of hydrogen-bond acceptors (Lipinski definition) is 4. The average molecular weight is 336 g/mol. The first-order chi connectivity index (χ1) is 11.1. The van der Waals surface area contributed by atoms with Gasteiger partial charge >= 0.3 is 5.91 Å². The van der Waals surface area contributed by atoms with Crippen molar-refractivity contribution in [3.8, 4) is 0 Å². The average Bonchev–Trinajstić information content (AvgIpc) is 3.24. The molecule has 0 radical (unpaired) electrons. The fourth-order valence-electron chi connectivity index (χ4n) is 2.72. The SMILES string of the molecule is O=C(N=S(=O)(CCO)CCO)c1cc2c(C3CC3)cccc2[nH]1. The van der Waals surface area contributed by atoms with Crippen LogP contribution in [0.25, 0.3) is 10.9 Å². The van der Waals surface area contributed by atoms with E-state index in [1.807, 2.05) is 12.1 Å². The summed E-state index contributed by atoms with van der Waals surface area (Å²) in [6.07, 6.45) is 2.33. The summed E-state index contributed by atoms with van der Waals surface area (Å²) < 4.78 is 16.2. The van der Waals surface area contributed by atoms with Gasteiger partial charge in [0.2, 0.25) is 0 Å². The molecule has 1 heterocycles. The van der Waals surface area contributed by atoms with Crippen LogP contribution in [0.5, 0.6) is 0 Å². The number of benzene rings is 1. The van der Waals surface area contributed by atoms with E-state index in [0.29, 0.717) is 5.92 Å². The van der Waals surface area contributed by atoms with Crippen molar-refractivity contribution < 1.29 is 19.2 Å². The Labute approximate surface area is 134 Å². The number of aliphatic hydroxyl groups is 2. The van der Waals surface area contributed by atoms with E-state index < -0.39 is 15.6 Å². The van der Waals surface area contributed by atoms with Gasteiger partial charge in [0.15, 0.2) is 0 Å². The molecule has 23 heavy (non-hydrogen) atoms. The van der Waals surface area contributed by atoms with Gasteiger partial charge in [0.1, 0.15) is 5.69 Å². The smallest absolute Gasteiger partial charge is 0.301 e. The molecule has 3 N–H and O–H groups in total. The summed E-state index contributed by atoms with van der Waals surface area (Å²) in [6, 6.07) is 7.68. The van der Waals surface area contributed by atoms with Crippen LogP contribution in [0.4, 0.5) is 0 Å². The Bertz CT molecular complexity index is 833. The number of carbonyl (C=O) groups is 1. The molecule has 6 nitrogen and oxygen atoms in total. The highest BCUT2D eigenvalue weighted by molar-refractivity contribution is 7.93. The Morgan fingerprint density at radius 3 is 2.57 bits per heavy atom. The molecule has 0 atom stereocenters. The molecule has 1 aliphatic rings. The van der Waals surface area contributed by atoms with Gasteiger partial charge in [0, 0.05) is 10.9 Å². The molecule has 3 rings (SSSR count). The van der Waals surface area contributed by atoms with Gasteiger partial charge in [0.05, 0.1) is 34.4 Å². The summed E-state index contributed by atoms with van der Waals surface area (Å²) in [7, 11) is -2.93. The summed E-state index contributed by atoms with van der Waals surface area (Å²) in [4.78, 5) is 15.4. The van der Waals surface area contributed by atoms with Crippen molar-refractivity contribution >= 4 is 26.5 Å². The number of aromatic nitrogens is 1. The highest BCUT2D eigenvalue weighted by atomic mass is 32.2. The van der Waals surface area contributed by atoms with Crippen molar-refractivity contribution in [2.75, 3.05) is 24.7 Å². The molecular formula is C16H20N2O4S. The van der Waals surface area contributed by atoms with Crippen LogP contribution in [0.15, 0.2) is 28.6 Å². The van der Waals surface area contributed by atoms with Crippen LogP contribution >= 0.6 is 0 Å². The largest absolute Gasteiger partial charge is 0.395 e. The summed E-state index contributed by atoms with van der Waals surface area (Å²) in [6.45, 7) is -0.678. The van der Waals surface area contributed by atoms with Gasteiger partial charge in [-0.15, -0.1) is 0 Å². The van der Waals surface area contributed by atoms with Crippen LogP contribution in [0.3, 0.4) is 0 Å². The lowest BCUT2D eigenvalue weighted by Crippen LogP contribution is -2.18. The maximum Gasteiger partial charge on any atom is 0.301 e. The summed E-state index contributed by atoms with van der Waals surface area (Å²) in [5.41, 5.74) is 2.38. The summed E-state index contributed by atoms with van der Waals surface area (Å²) >= 11 is 0. The number of aromatic amines is 1. The standard InChI is InChI=1S/C16H20N2O4S/c19-6-8-23(22,9-7-20)18-16(21)15-10-13-12(11-4-5-11)2-1-3-14(13)17-15/h1-3,10-11,17,19-20H,4-9H2. The molecule has 0 bridgehead atoms. The summed E-state index contributed by atoms with van der Waals surface area (Å²) in [5, 5.41) is 19.0. The quantitative estimate of drug-likeness (QED) is 0.746. The zero-order chi connectivity index (χ0) is 16.4. The molecule has 1 aromatic heterocycles. The fraction of sp³-hybridized carbons (Fsp3) is 0.438. The zero-order valence-corrected chi connectivity index (χ0v) is 13.5. The van der Waals surface area contributed by atoms with Crippen molar-refractivity contribution in [1.82, 2.24) is 4.98 Å². The third-order valence-electron chi connectivity index (χ3n) is 4.02. The first-order valence-corrected chi connectivity index (χ1v) is 9.52. The molecule has 1 fully saturated rings. The Balaban J connectivity index is 1.97. The van der Waals surface area contributed by atoms with Crippen molar-refractivity contribution in [2.45, 2.75) is 18.8 Å². The number of nitrogens with one attached hydrogen (secondary N) is 1. The number of amides is 1. The minimum absolute atomic E-state index is 0.118. The third-order valence-corrected chi connectivity index (χ3v) is 6.15. The van der Waals surface area contributed by atoms with Crippen molar-refractivity contribution in [3.05, 3.63) is 35.5 Å². The molecule has 0 saturated heterocycles. The van der Waals surface area contributed by atoms with Gasteiger partial charge in [-0.2, -0.15) is 4.36 Å². The molecule has 2 aromatic rings. The zero-order valence-electron chi connectivity index (χ0n) is 12.7. The first-order valence-electron chi connectivity index (χ1n) is 7.66. The van der Waals surface area contributed by atoms with Gasteiger partial charge < -0.3 is 15.2 Å². The van der Waals surface area contributed by atoms with Crippen LogP contribution in [0, 0.1) is 0 Å². The second kappa shape index (κ2) is 6.43. The van der Waals surface area contributed by atoms with E-state index in [0.717, 1.165) is 10.9 Å². The molecule has 0 spiro atoms. The second-order valence-corrected chi connectivity index (χ2v) is 8.33. The number of rotatable bonds is 6. The third kappa shape index (κ3) is 3.46. The predicted molar refractivity (Wildman–Crippen MR) is 89.1 cm³/mol. The molecular weight excluding hydrogens is 316 g/mol. The van der Waals surface area contributed by atoms with E-state index in [1.54, 1.807) is 6.07 Å². The molecule has 0 unspecified atom stereocenters. The molecule has 1 amide bonds.